The van der Waals surface area contributed by atoms with Crippen LogP contribution in [0.1, 0.15) is 31.1 Å². The average Bonchev–Trinajstić information content (AvgIpc) is 2.67. The van der Waals surface area contributed by atoms with Gasteiger partial charge >= 0.3 is 6.03 Å². The number of rotatable bonds is 7. The second-order valence-electron chi connectivity index (χ2n) is 7.11. The van der Waals surface area contributed by atoms with E-state index in [4.69, 9.17) is 9.47 Å². The summed E-state index contributed by atoms with van der Waals surface area (Å²) in [5.41, 5.74) is 0.589. The third-order valence-electron chi connectivity index (χ3n) is 4.37. The number of morpholine rings is 1. The minimum atomic E-state index is -0.199. The van der Waals surface area contributed by atoms with Gasteiger partial charge in [-0.25, -0.2) is 4.79 Å². The number of methoxy groups -OCH3 is 1. The Morgan fingerprint density at radius 1 is 1.41 bits per heavy atom. The second kappa shape index (κ2) is 10.2. The van der Waals surface area contributed by atoms with Crippen LogP contribution in [0.15, 0.2) is 24.3 Å². The van der Waals surface area contributed by atoms with Crippen molar-refractivity contribution in [3.63, 3.8) is 0 Å². The minimum absolute atomic E-state index is 0.0543. The fraction of sp³-hybridized carbons (Fsp3) is 0.600. The van der Waals surface area contributed by atoms with Crippen LogP contribution in [0, 0.1) is 5.92 Å². The molecule has 7 nitrogen and oxygen atoms in total. The molecule has 3 amide bonds. The molecule has 1 atom stereocenters. The average molecular weight is 377 g/mol. The van der Waals surface area contributed by atoms with Crippen LogP contribution in [0.2, 0.25) is 0 Å². The van der Waals surface area contributed by atoms with E-state index in [0.717, 1.165) is 0 Å². The molecular weight excluding hydrogens is 346 g/mol. The molecule has 1 aromatic carbocycles. The van der Waals surface area contributed by atoms with Crippen molar-refractivity contribution >= 4 is 11.9 Å². The topological polar surface area (TPSA) is 71.1 Å². The summed E-state index contributed by atoms with van der Waals surface area (Å²) in [5.74, 6) is 0.922. The van der Waals surface area contributed by atoms with E-state index in [-0.39, 0.29) is 18.0 Å². The van der Waals surface area contributed by atoms with Gasteiger partial charge in [-0.2, -0.15) is 0 Å². The highest BCUT2D eigenvalue weighted by molar-refractivity contribution is 5.94. The maximum atomic E-state index is 13.1. The first kappa shape index (κ1) is 21.0. The van der Waals surface area contributed by atoms with Crippen molar-refractivity contribution < 1.29 is 19.1 Å². The Balaban J connectivity index is 2.09. The van der Waals surface area contributed by atoms with Crippen molar-refractivity contribution in [2.75, 3.05) is 46.4 Å². The van der Waals surface area contributed by atoms with Crippen LogP contribution in [-0.4, -0.2) is 74.3 Å². The SMILES string of the molecule is CCNC(=O)N1CCOC(CN(CC(C)C)C(=O)c2cccc(OC)c2)C1. The molecule has 1 aliphatic heterocycles. The molecule has 150 valence electrons. The van der Waals surface area contributed by atoms with Crippen LogP contribution in [-0.2, 0) is 4.74 Å². The van der Waals surface area contributed by atoms with Gasteiger partial charge in [0.15, 0.2) is 0 Å². The fourth-order valence-corrected chi connectivity index (χ4v) is 3.14. The van der Waals surface area contributed by atoms with Crippen LogP contribution in [0.4, 0.5) is 4.79 Å². The molecular formula is C20H31N3O4. The lowest BCUT2D eigenvalue weighted by atomic mass is 10.1. The van der Waals surface area contributed by atoms with Crippen molar-refractivity contribution in [1.82, 2.24) is 15.1 Å². The molecule has 1 saturated heterocycles. The molecule has 0 saturated carbocycles. The first-order valence-electron chi connectivity index (χ1n) is 9.52. The van der Waals surface area contributed by atoms with E-state index in [1.54, 1.807) is 24.1 Å². The summed E-state index contributed by atoms with van der Waals surface area (Å²) in [6, 6.07) is 7.09. The molecule has 1 unspecified atom stereocenters. The van der Waals surface area contributed by atoms with Gasteiger partial charge in [0.05, 0.1) is 26.4 Å². The summed E-state index contributed by atoms with van der Waals surface area (Å²) in [4.78, 5) is 28.7. The van der Waals surface area contributed by atoms with Crippen LogP contribution in [0.5, 0.6) is 5.75 Å². The van der Waals surface area contributed by atoms with Crippen LogP contribution in [0.3, 0.4) is 0 Å². The summed E-state index contributed by atoms with van der Waals surface area (Å²) in [6.07, 6.45) is -0.199. The zero-order valence-electron chi connectivity index (χ0n) is 16.7. The quantitative estimate of drug-likeness (QED) is 0.791. The van der Waals surface area contributed by atoms with Gasteiger partial charge < -0.3 is 24.6 Å². The van der Waals surface area contributed by atoms with Gasteiger partial charge in [-0.05, 0) is 31.0 Å². The van der Waals surface area contributed by atoms with Crippen LogP contribution in [0.25, 0.3) is 0 Å². The van der Waals surface area contributed by atoms with Crippen molar-refractivity contribution in [2.45, 2.75) is 26.9 Å². The number of nitrogens with one attached hydrogen (secondary N) is 1. The van der Waals surface area contributed by atoms with E-state index >= 15 is 0 Å². The molecule has 1 N–H and O–H groups in total. The number of carbonyl (C=O) groups excluding carboxylic acids is 2. The first-order chi connectivity index (χ1) is 12.9. The smallest absolute Gasteiger partial charge is 0.317 e. The van der Waals surface area contributed by atoms with E-state index in [9.17, 15) is 9.59 Å². The normalized spacial score (nSPS) is 16.9. The Labute approximate surface area is 161 Å². The monoisotopic (exact) mass is 377 g/mol. The fourth-order valence-electron chi connectivity index (χ4n) is 3.14. The number of carbonyl (C=O) groups is 2. The highest BCUT2D eigenvalue weighted by Gasteiger charge is 2.28. The van der Waals surface area contributed by atoms with E-state index in [1.807, 2.05) is 24.0 Å². The van der Waals surface area contributed by atoms with Gasteiger partial charge in [0.25, 0.3) is 5.91 Å². The lowest BCUT2D eigenvalue weighted by Crippen LogP contribution is -2.53. The molecule has 1 fully saturated rings. The number of nitrogens with zero attached hydrogens (tertiary/aromatic N) is 2. The van der Waals surface area contributed by atoms with Crippen LogP contribution >= 0.6 is 0 Å². The van der Waals surface area contributed by atoms with Crippen molar-refractivity contribution in [2.24, 2.45) is 5.92 Å². The summed E-state index contributed by atoms with van der Waals surface area (Å²) < 4.78 is 11.1. The van der Waals surface area contributed by atoms with Gasteiger partial charge in [0, 0.05) is 31.7 Å². The number of hydrogen-bond acceptors (Lipinski definition) is 4. The molecule has 0 aromatic heterocycles. The van der Waals surface area contributed by atoms with Crippen molar-refractivity contribution in [1.29, 1.82) is 0 Å². The highest BCUT2D eigenvalue weighted by atomic mass is 16.5. The van der Waals surface area contributed by atoms with E-state index in [0.29, 0.717) is 56.6 Å². The molecule has 1 heterocycles. The summed E-state index contributed by atoms with van der Waals surface area (Å²) in [7, 11) is 1.58. The highest BCUT2D eigenvalue weighted by Crippen LogP contribution is 2.17. The predicted octanol–water partition coefficient (Wildman–Crippen LogP) is 2.22. The molecule has 2 rings (SSSR count). The maximum absolute atomic E-state index is 13.1. The third-order valence-corrected chi connectivity index (χ3v) is 4.37. The predicted molar refractivity (Wildman–Crippen MR) is 104 cm³/mol. The Hall–Kier alpha value is -2.28. The minimum Gasteiger partial charge on any atom is -0.497 e. The van der Waals surface area contributed by atoms with Crippen molar-refractivity contribution in [3.05, 3.63) is 29.8 Å². The number of urea groups is 1. The van der Waals surface area contributed by atoms with Gasteiger partial charge in [0.1, 0.15) is 5.75 Å². The number of benzene rings is 1. The van der Waals surface area contributed by atoms with E-state index < -0.39 is 0 Å². The molecule has 27 heavy (non-hydrogen) atoms. The van der Waals surface area contributed by atoms with E-state index in [2.05, 4.69) is 19.2 Å². The summed E-state index contributed by atoms with van der Waals surface area (Å²) >= 11 is 0. The Morgan fingerprint density at radius 2 is 2.19 bits per heavy atom. The molecule has 0 spiro atoms. The standard InChI is InChI=1S/C20H31N3O4/c1-5-21-20(25)22-9-10-27-18(13-22)14-23(12-15(2)3)19(24)16-7-6-8-17(11-16)26-4/h6-8,11,15,18H,5,9-10,12-14H2,1-4H3,(H,21,25). The molecule has 0 bridgehead atoms. The van der Waals surface area contributed by atoms with Crippen molar-refractivity contribution in [3.8, 4) is 5.75 Å². The van der Waals surface area contributed by atoms with E-state index in [1.165, 1.54) is 0 Å². The van der Waals surface area contributed by atoms with Gasteiger partial charge in [-0.15, -0.1) is 0 Å². The zero-order chi connectivity index (χ0) is 19.8. The van der Waals surface area contributed by atoms with Crippen LogP contribution < -0.4 is 10.1 Å². The van der Waals surface area contributed by atoms with Gasteiger partial charge in [0.2, 0.25) is 0 Å². The number of amides is 3. The zero-order valence-corrected chi connectivity index (χ0v) is 16.7. The maximum Gasteiger partial charge on any atom is 0.317 e. The first-order valence-corrected chi connectivity index (χ1v) is 9.52. The Morgan fingerprint density at radius 3 is 2.85 bits per heavy atom. The summed E-state index contributed by atoms with van der Waals surface area (Å²) in [5, 5.41) is 2.82. The Kier molecular flexibility index (Phi) is 7.91. The van der Waals surface area contributed by atoms with Gasteiger partial charge in [-0.1, -0.05) is 19.9 Å². The molecule has 7 heteroatoms. The molecule has 1 aliphatic rings. The second-order valence-corrected chi connectivity index (χ2v) is 7.11. The van der Waals surface area contributed by atoms with Gasteiger partial charge in [-0.3, -0.25) is 4.79 Å². The Bertz CT molecular complexity index is 635. The summed E-state index contributed by atoms with van der Waals surface area (Å²) in [6.45, 7) is 9.23. The molecule has 0 radical (unpaired) electrons. The lowest BCUT2D eigenvalue weighted by molar-refractivity contribution is -0.0287. The molecule has 1 aromatic rings. The number of ether oxygens (including phenoxy) is 2. The lowest BCUT2D eigenvalue weighted by Gasteiger charge is -2.36. The molecule has 0 aliphatic carbocycles. The largest absolute Gasteiger partial charge is 0.497 e. The third kappa shape index (κ3) is 6.13. The number of hydrogen-bond donors (Lipinski definition) is 1.